The number of carbonyl (C=O) groups excluding carboxylic acids is 1. The van der Waals surface area contributed by atoms with E-state index in [1.165, 1.54) is 11.8 Å². The first kappa shape index (κ1) is 28.6. The number of anilines is 2. The van der Waals surface area contributed by atoms with Crippen LogP contribution in [0.1, 0.15) is 43.5 Å². The van der Waals surface area contributed by atoms with E-state index in [1.54, 1.807) is 4.68 Å². The highest BCUT2D eigenvalue weighted by Crippen LogP contribution is 2.40. The molecule has 0 fully saturated rings. The molecule has 2 N–H and O–H groups in total. The molecule has 1 atom stereocenters. The van der Waals surface area contributed by atoms with Crippen LogP contribution in [-0.2, 0) is 10.5 Å². The molecule has 0 aliphatic carbocycles. The molecular formula is C31H32ClN5O3S. The first-order valence-electron chi connectivity index (χ1n) is 13.5. The van der Waals surface area contributed by atoms with Gasteiger partial charge < -0.3 is 20.1 Å². The Bertz CT molecular complexity index is 1600. The highest BCUT2D eigenvalue weighted by atomic mass is 35.5. The summed E-state index contributed by atoms with van der Waals surface area (Å²) in [5.74, 6) is 2.18. The number of thioether (sulfide) groups is 1. The lowest BCUT2D eigenvalue weighted by molar-refractivity contribution is -0.113. The summed E-state index contributed by atoms with van der Waals surface area (Å²) in [5.41, 5.74) is 4.81. The molecule has 3 aromatic carbocycles. The van der Waals surface area contributed by atoms with Gasteiger partial charge in [0.25, 0.3) is 5.91 Å². The van der Waals surface area contributed by atoms with Crippen LogP contribution in [-0.4, -0.2) is 33.9 Å². The van der Waals surface area contributed by atoms with Gasteiger partial charge in [0.2, 0.25) is 11.1 Å². The molecule has 0 saturated carbocycles. The van der Waals surface area contributed by atoms with Gasteiger partial charge >= 0.3 is 0 Å². The predicted octanol–water partition coefficient (Wildman–Crippen LogP) is 7.26. The third-order valence-corrected chi connectivity index (χ3v) is 7.81. The van der Waals surface area contributed by atoms with Gasteiger partial charge in [0.05, 0.1) is 18.8 Å². The number of nitrogens with zero attached hydrogens (tertiary/aromatic N) is 3. The molecule has 1 amide bonds. The maximum absolute atomic E-state index is 13.9. The van der Waals surface area contributed by atoms with E-state index in [4.69, 9.17) is 31.2 Å². The van der Waals surface area contributed by atoms with E-state index in [0.29, 0.717) is 57.9 Å². The van der Waals surface area contributed by atoms with Gasteiger partial charge in [0, 0.05) is 22.2 Å². The van der Waals surface area contributed by atoms with Crippen molar-refractivity contribution in [3.05, 3.63) is 99.7 Å². The second kappa shape index (κ2) is 12.7. The lowest BCUT2D eigenvalue weighted by atomic mass is 9.94. The Balaban J connectivity index is 1.54. The topological polar surface area (TPSA) is 90.3 Å². The second-order valence-electron chi connectivity index (χ2n) is 9.50. The zero-order valence-electron chi connectivity index (χ0n) is 23.4. The van der Waals surface area contributed by atoms with Crippen LogP contribution < -0.4 is 20.1 Å². The largest absolute Gasteiger partial charge is 0.490 e. The molecule has 0 bridgehead atoms. The third-order valence-electron chi connectivity index (χ3n) is 6.55. The molecule has 1 unspecified atom stereocenters. The Morgan fingerprint density at radius 1 is 1.02 bits per heavy atom. The quantitative estimate of drug-likeness (QED) is 0.188. The van der Waals surface area contributed by atoms with Gasteiger partial charge in [-0.05, 0) is 74.7 Å². The first-order valence-corrected chi connectivity index (χ1v) is 14.8. The summed E-state index contributed by atoms with van der Waals surface area (Å²) in [7, 11) is 0. The van der Waals surface area contributed by atoms with Crippen molar-refractivity contribution in [3.8, 4) is 11.5 Å². The number of fused-ring (bicyclic) bond motifs is 1. The first-order chi connectivity index (χ1) is 19.9. The number of carbonyl (C=O) groups is 1. The summed E-state index contributed by atoms with van der Waals surface area (Å²) < 4.78 is 13.5. The molecule has 5 rings (SSSR count). The van der Waals surface area contributed by atoms with E-state index in [0.717, 1.165) is 22.4 Å². The molecule has 41 heavy (non-hydrogen) atoms. The number of allylic oxidation sites excluding steroid dienone is 1. The molecule has 212 valence electrons. The highest BCUT2D eigenvalue weighted by molar-refractivity contribution is 7.98. The average molecular weight is 590 g/mol. The minimum atomic E-state index is -0.562. The van der Waals surface area contributed by atoms with Gasteiger partial charge in [0.15, 0.2) is 11.5 Å². The molecule has 0 spiro atoms. The smallest absolute Gasteiger partial charge is 0.255 e. The monoisotopic (exact) mass is 589 g/mol. The van der Waals surface area contributed by atoms with Gasteiger partial charge in [-0.1, -0.05) is 59.8 Å². The fourth-order valence-corrected chi connectivity index (χ4v) is 5.83. The molecule has 10 heteroatoms. The number of hydrogen-bond acceptors (Lipinski definition) is 7. The van der Waals surface area contributed by atoms with Crippen LogP contribution in [0.3, 0.4) is 0 Å². The molecule has 8 nitrogen and oxygen atoms in total. The molecule has 1 aliphatic rings. The zero-order valence-corrected chi connectivity index (χ0v) is 25.0. The van der Waals surface area contributed by atoms with Crippen LogP contribution >= 0.6 is 23.4 Å². The van der Waals surface area contributed by atoms with Gasteiger partial charge in [-0.2, -0.15) is 4.98 Å². The van der Waals surface area contributed by atoms with Crippen molar-refractivity contribution >= 4 is 40.9 Å². The van der Waals surface area contributed by atoms with Crippen LogP contribution in [0.5, 0.6) is 11.5 Å². The molecule has 2 heterocycles. The van der Waals surface area contributed by atoms with Gasteiger partial charge in [-0.25, -0.2) is 4.68 Å². The lowest BCUT2D eigenvalue weighted by Gasteiger charge is -2.29. The SMILES string of the molecule is CCOc1ccc(C2C(C(=O)Nc3cccc(C)c3)=C(C)Nc3nc(SCc4ccccc4Cl)nn32)cc1OCC. The minimum Gasteiger partial charge on any atom is -0.490 e. The van der Waals surface area contributed by atoms with E-state index in [-0.39, 0.29) is 5.91 Å². The Kier molecular flexibility index (Phi) is 8.85. The minimum absolute atomic E-state index is 0.233. The van der Waals surface area contributed by atoms with Gasteiger partial charge in [-0.15, -0.1) is 5.10 Å². The number of aromatic nitrogens is 3. The van der Waals surface area contributed by atoms with E-state index in [1.807, 2.05) is 94.4 Å². The number of amides is 1. The highest BCUT2D eigenvalue weighted by Gasteiger charge is 2.35. The number of ether oxygens (including phenoxy) is 2. The normalized spacial score (nSPS) is 14.3. The summed E-state index contributed by atoms with van der Waals surface area (Å²) in [6.45, 7) is 8.71. The number of halogens is 1. The van der Waals surface area contributed by atoms with E-state index in [9.17, 15) is 4.79 Å². The van der Waals surface area contributed by atoms with Crippen molar-refractivity contribution < 1.29 is 14.3 Å². The summed E-state index contributed by atoms with van der Waals surface area (Å²) in [6, 6.07) is 20.6. The zero-order chi connectivity index (χ0) is 28.9. The third kappa shape index (κ3) is 6.36. The van der Waals surface area contributed by atoms with Crippen LogP contribution in [0.2, 0.25) is 5.02 Å². The Hall–Kier alpha value is -3.95. The second-order valence-corrected chi connectivity index (χ2v) is 10.9. The number of rotatable bonds is 10. The standard InChI is InChI=1S/C31H32ClN5O3S/c1-5-39-25-15-14-21(17-26(25)40-6-2)28-27(29(38)34-23-12-9-10-19(3)16-23)20(4)33-30-35-31(36-37(28)30)41-18-22-11-7-8-13-24(22)32/h7-17,28H,5-6,18H2,1-4H3,(H,34,38)(H,33,35,36). The molecule has 0 radical (unpaired) electrons. The number of hydrogen-bond donors (Lipinski definition) is 2. The molecule has 0 saturated heterocycles. The van der Waals surface area contributed by atoms with Crippen molar-refractivity contribution in [1.29, 1.82) is 0 Å². The van der Waals surface area contributed by atoms with Gasteiger partial charge in [0.1, 0.15) is 6.04 Å². The molecular weight excluding hydrogens is 558 g/mol. The fraction of sp³-hybridized carbons (Fsp3) is 0.258. The summed E-state index contributed by atoms with van der Waals surface area (Å²) in [4.78, 5) is 18.6. The number of aryl methyl sites for hydroxylation is 1. The maximum Gasteiger partial charge on any atom is 0.255 e. The average Bonchev–Trinajstić information content (AvgIpc) is 3.35. The van der Waals surface area contributed by atoms with Crippen molar-refractivity contribution in [2.24, 2.45) is 0 Å². The van der Waals surface area contributed by atoms with Crippen LogP contribution in [0.15, 0.2) is 83.2 Å². The van der Waals surface area contributed by atoms with E-state index < -0.39 is 6.04 Å². The van der Waals surface area contributed by atoms with Crippen molar-refractivity contribution in [3.63, 3.8) is 0 Å². The Morgan fingerprint density at radius 2 is 1.80 bits per heavy atom. The van der Waals surface area contributed by atoms with E-state index in [2.05, 4.69) is 10.6 Å². The summed E-state index contributed by atoms with van der Waals surface area (Å²) in [6.07, 6.45) is 0. The predicted molar refractivity (Wildman–Crippen MR) is 164 cm³/mol. The molecule has 1 aliphatic heterocycles. The number of benzene rings is 3. The molecule has 4 aromatic rings. The fourth-order valence-electron chi connectivity index (χ4n) is 4.71. The Labute approximate surface area is 249 Å². The van der Waals surface area contributed by atoms with Crippen molar-refractivity contribution in [2.45, 2.75) is 44.6 Å². The van der Waals surface area contributed by atoms with Crippen LogP contribution in [0.4, 0.5) is 11.6 Å². The van der Waals surface area contributed by atoms with Crippen LogP contribution in [0, 0.1) is 6.92 Å². The summed E-state index contributed by atoms with van der Waals surface area (Å²) in [5, 5.41) is 12.5. The van der Waals surface area contributed by atoms with E-state index >= 15 is 0 Å². The lowest BCUT2D eigenvalue weighted by Crippen LogP contribution is -2.31. The van der Waals surface area contributed by atoms with Gasteiger partial charge in [-0.3, -0.25) is 4.79 Å². The van der Waals surface area contributed by atoms with Crippen molar-refractivity contribution in [1.82, 2.24) is 14.8 Å². The van der Waals surface area contributed by atoms with Crippen molar-refractivity contribution in [2.75, 3.05) is 23.8 Å². The number of nitrogens with one attached hydrogen (secondary N) is 2. The summed E-state index contributed by atoms with van der Waals surface area (Å²) >= 11 is 7.86. The Morgan fingerprint density at radius 3 is 2.56 bits per heavy atom. The van der Waals surface area contributed by atoms with Crippen LogP contribution in [0.25, 0.3) is 0 Å². The maximum atomic E-state index is 13.9. The molecule has 1 aromatic heterocycles.